The van der Waals surface area contributed by atoms with Crippen LogP contribution in [0.4, 0.5) is 0 Å². The minimum absolute atomic E-state index is 0.384. The number of methoxy groups -OCH3 is 1. The Bertz CT molecular complexity index is 681. The molecule has 3 heteroatoms. The van der Waals surface area contributed by atoms with Crippen LogP contribution in [0.15, 0.2) is 36.4 Å². The van der Waals surface area contributed by atoms with E-state index in [1.54, 1.807) is 7.11 Å². The van der Waals surface area contributed by atoms with Crippen LogP contribution in [-0.2, 0) is 6.42 Å². The van der Waals surface area contributed by atoms with Gasteiger partial charge in [-0.05, 0) is 59.7 Å². The van der Waals surface area contributed by atoms with Crippen LogP contribution in [0.3, 0.4) is 0 Å². The average molecular weight is 335 g/mol. The molecule has 0 heterocycles. The highest BCUT2D eigenvalue weighted by Crippen LogP contribution is 2.42. The van der Waals surface area contributed by atoms with Gasteiger partial charge in [-0.3, -0.25) is 0 Å². The lowest BCUT2D eigenvalue weighted by Crippen LogP contribution is -2.19. The normalized spacial score (nSPS) is 20.5. The Balaban J connectivity index is 2.05. The van der Waals surface area contributed by atoms with Gasteiger partial charge >= 0.3 is 0 Å². The molecule has 3 rings (SSSR count). The molecule has 0 radical (unpaired) electrons. The van der Waals surface area contributed by atoms with Gasteiger partial charge in [-0.1, -0.05) is 48.7 Å². The molecule has 0 N–H and O–H groups in total. The molecule has 2 atom stereocenters. The molecule has 1 aliphatic rings. The van der Waals surface area contributed by atoms with Crippen LogP contribution in [-0.4, -0.2) is 7.11 Å². The van der Waals surface area contributed by atoms with Gasteiger partial charge in [0.05, 0.1) is 17.2 Å². The lowest BCUT2D eigenvalue weighted by atomic mass is 9.73. The number of hydrogen-bond donors (Lipinski definition) is 0. The van der Waals surface area contributed by atoms with Gasteiger partial charge in [0.15, 0.2) is 0 Å². The largest absolute Gasteiger partial charge is 0.497 e. The number of benzene rings is 2. The molecule has 116 valence electrons. The minimum atomic E-state index is 0.384. The van der Waals surface area contributed by atoms with Crippen LogP contribution in [0.5, 0.6) is 5.75 Å². The molecule has 0 saturated heterocycles. The summed E-state index contributed by atoms with van der Waals surface area (Å²) in [6.07, 6.45) is 3.48. The van der Waals surface area contributed by atoms with Crippen LogP contribution in [0, 0.1) is 5.92 Å². The van der Waals surface area contributed by atoms with Crippen molar-refractivity contribution in [3.05, 3.63) is 63.1 Å². The third-order valence-corrected chi connectivity index (χ3v) is 5.47. The molecule has 1 aliphatic carbocycles. The van der Waals surface area contributed by atoms with Crippen molar-refractivity contribution in [2.45, 2.75) is 32.1 Å². The monoisotopic (exact) mass is 334 g/mol. The Labute approximate surface area is 142 Å². The Morgan fingerprint density at radius 3 is 2.59 bits per heavy atom. The van der Waals surface area contributed by atoms with Gasteiger partial charge in [0, 0.05) is 5.92 Å². The fraction of sp³-hybridized carbons (Fsp3) is 0.368. The summed E-state index contributed by atoms with van der Waals surface area (Å²) < 4.78 is 5.39. The smallest absolute Gasteiger partial charge is 0.119 e. The zero-order chi connectivity index (χ0) is 15.7. The molecule has 0 saturated carbocycles. The van der Waals surface area contributed by atoms with E-state index in [9.17, 15) is 0 Å². The van der Waals surface area contributed by atoms with Gasteiger partial charge < -0.3 is 4.74 Å². The third-order valence-electron chi connectivity index (χ3n) is 4.73. The molecule has 0 spiro atoms. The van der Waals surface area contributed by atoms with E-state index in [1.807, 2.05) is 12.1 Å². The molecule has 0 aliphatic heterocycles. The highest BCUT2D eigenvalue weighted by atomic mass is 35.5. The summed E-state index contributed by atoms with van der Waals surface area (Å²) >= 11 is 12.3. The standard InChI is InChI=1S/C19H20Cl2O/c1-3-12-8-14-10-15(22-2)5-6-16(14)17(9-12)13-4-7-18(20)19(21)11-13/h4-7,10-12,17H,3,8-9H2,1-2H3/t12-,17-/m1/s1. The number of halogens is 2. The highest BCUT2D eigenvalue weighted by molar-refractivity contribution is 6.42. The van der Waals surface area contributed by atoms with Gasteiger partial charge in [0.2, 0.25) is 0 Å². The van der Waals surface area contributed by atoms with Crippen molar-refractivity contribution in [1.82, 2.24) is 0 Å². The van der Waals surface area contributed by atoms with E-state index in [2.05, 4.69) is 31.2 Å². The van der Waals surface area contributed by atoms with Crippen LogP contribution >= 0.6 is 23.2 Å². The molecule has 1 nitrogen and oxygen atoms in total. The Morgan fingerprint density at radius 2 is 1.91 bits per heavy atom. The second kappa shape index (κ2) is 6.52. The Hall–Kier alpha value is -1.18. The van der Waals surface area contributed by atoms with Crippen molar-refractivity contribution < 1.29 is 4.74 Å². The Morgan fingerprint density at radius 1 is 1.09 bits per heavy atom. The number of rotatable bonds is 3. The van der Waals surface area contributed by atoms with Crippen LogP contribution in [0.25, 0.3) is 0 Å². The summed E-state index contributed by atoms with van der Waals surface area (Å²) in [5.74, 6) is 2.01. The van der Waals surface area contributed by atoms with Crippen LogP contribution < -0.4 is 4.74 Å². The summed E-state index contributed by atoms with van der Waals surface area (Å²) in [4.78, 5) is 0. The molecular formula is C19H20Cl2O. The predicted octanol–water partition coefficient (Wildman–Crippen LogP) is 6.11. The summed E-state index contributed by atoms with van der Waals surface area (Å²) in [6.45, 7) is 2.27. The molecule has 0 amide bonds. The molecule has 2 aromatic carbocycles. The topological polar surface area (TPSA) is 9.23 Å². The highest BCUT2D eigenvalue weighted by Gasteiger charge is 2.27. The van der Waals surface area contributed by atoms with Gasteiger partial charge in [0.1, 0.15) is 5.75 Å². The zero-order valence-electron chi connectivity index (χ0n) is 12.9. The van der Waals surface area contributed by atoms with Gasteiger partial charge in [0.25, 0.3) is 0 Å². The predicted molar refractivity (Wildman–Crippen MR) is 93.4 cm³/mol. The lowest BCUT2D eigenvalue weighted by Gasteiger charge is -2.32. The summed E-state index contributed by atoms with van der Waals surface area (Å²) in [7, 11) is 1.72. The van der Waals surface area contributed by atoms with Crippen LogP contribution in [0.2, 0.25) is 10.0 Å². The maximum atomic E-state index is 6.23. The van der Waals surface area contributed by atoms with Crippen molar-refractivity contribution >= 4 is 23.2 Å². The van der Waals surface area contributed by atoms with Crippen molar-refractivity contribution in [1.29, 1.82) is 0 Å². The molecule has 0 bridgehead atoms. The number of fused-ring (bicyclic) bond motifs is 1. The molecule has 0 aromatic heterocycles. The third kappa shape index (κ3) is 2.98. The molecule has 2 aromatic rings. The van der Waals surface area contributed by atoms with Crippen molar-refractivity contribution in [2.24, 2.45) is 5.92 Å². The Kier molecular flexibility index (Phi) is 4.65. The zero-order valence-corrected chi connectivity index (χ0v) is 14.4. The first kappa shape index (κ1) is 15.7. The fourth-order valence-corrected chi connectivity index (χ4v) is 3.74. The first-order valence-corrected chi connectivity index (χ1v) is 8.49. The fourth-order valence-electron chi connectivity index (χ4n) is 3.44. The van der Waals surface area contributed by atoms with E-state index >= 15 is 0 Å². The molecule has 0 unspecified atom stereocenters. The lowest BCUT2D eigenvalue weighted by molar-refractivity contribution is 0.401. The molecular weight excluding hydrogens is 315 g/mol. The maximum Gasteiger partial charge on any atom is 0.119 e. The molecule has 0 fully saturated rings. The van der Waals surface area contributed by atoms with Crippen molar-refractivity contribution in [2.75, 3.05) is 7.11 Å². The number of hydrogen-bond acceptors (Lipinski definition) is 1. The van der Waals surface area contributed by atoms with Gasteiger partial charge in [-0.25, -0.2) is 0 Å². The van der Waals surface area contributed by atoms with Crippen molar-refractivity contribution in [3.63, 3.8) is 0 Å². The minimum Gasteiger partial charge on any atom is -0.497 e. The first-order valence-electron chi connectivity index (χ1n) is 7.74. The van der Waals surface area contributed by atoms with E-state index in [-0.39, 0.29) is 0 Å². The molecule has 22 heavy (non-hydrogen) atoms. The van der Waals surface area contributed by atoms with Gasteiger partial charge in [-0.2, -0.15) is 0 Å². The maximum absolute atomic E-state index is 6.23. The van der Waals surface area contributed by atoms with Gasteiger partial charge in [-0.15, -0.1) is 0 Å². The van der Waals surface area contributed by atoms with E-state index in [1.165, 1.54) is 23.1 Å². The van der Waals surface area contributed by atoms with Crippen LogP contribution in [0.1, 0.15) is 42.4 Å². The van der Waals surface area contributed by atoms with E-state index in [4.69, 9.17) is 27.9 Å². The van der Waals surface area contributed by atoms with E-state index in [0.29, 0.717) is 21.9 Å². The second-order valence-corrected chi connectivity index (χ2v) is 6.82. The average Bonchev–Trinajstić information content (AvgIpc) is 2.55. The van der Waals surface area contributed by atoms with E-state index in [0.717, 1.165) is 18.6 Å². The van der Waals surface area contributed by atoms with E-state index < -0.39 is 0 Å². The first-order chi connectivity index (χ1) is 10.6. The van der Waals surface area contributed by atoms with Crippen molar-refractivity contribution in [3.8, 4) is 5.75 Å². The summed E-state index contributed by atoms with van der Waals surface area (Å²) in [6, 6.07) is 12.5. The number of ether oxygens (including phenoxy) is 1. The second-order valence-electron chi connectivity index (χ2n) is 6.00. The summed E-state index contributed by atoms with van der Waals surface area (Å²) in [5.41, 5.74) is 4.04. The summed E-state index contributed by atoms with van der Waals surface area (Å²) in [5, 5.41) is 1.25. The SMILES string of the molecule is CC[C@@H]1Cc2cc(OC)ccc2[C@@H](c2ccc(Cl)c(Cl)c2)C1. The quantitative estimate of drug-likeness (QED) is 0.658.